The molecule has 1 aromatic heterocycles. The van der Waals surface area contributed by atoms with E-state index in [0.29, 0.717) is 30.1 Å². The number of aromatic nitrogens is 3. The first kappa shape index (κ1) is 26.3. The summed E-state index contributed by atoms with van der Waals surface area (Å²) in [5.41, 5.74) is 0.970. The van der Waals surface area contributed by atoms with Crippen molar-refractivity contribution in [2.75, 3.05) is 19.7 Å². The summed E-state index contributed by atoms with van der Waals surface area (Å²) in [6.45, 7) is 6.16. The summed E-state index contributed by atoms with van der Waals surface area (Å²) in [6.07, 6.45) is 1.18. The van der Waals surface area contributed by atoms with Gasteiger partial charge in [-0.25, -0.2) is 4.79 Å². The lowest BCUT2D eigenvalue weighted by atomic mass is 9.98. The van der Waals surface area contributed by atoms with Crippen molar-refractivity contribution in [2.45, 2.75) is 40.2 Å². The van der Waals surface area contributed by atoms with Crippen LogP contribution in [0, 0.1) is 19.8 Å². The number of ether oxygens (including phenoxy) is 1. The van der Waals surface area contributed by atoms with Crippen LogP contribution in [0.3, 0.4) is 0 Å². The Kier molecular flexibility index (Phi) is 7.92. The van der Waals surface area contributed by atoms with Crippen molar-refractivity contribution >= 4 is 23.5 Å². The molecule has 10 heteroatoms. The number of amides is 1. The van der Waals surface area contributed by atoms with Gasteiger partial charge in [-0.05, 0) is 56.9 Å². The lowest BCUT2D eigenvalue weighted by molar-refractivity contribution is -0.149. The molecule has 1 aliphatic heterocycles. The predicted molar refractivity (Wildman–Crippen MR) is 139 cm³/mol. The standard InChI is InChI=1S/C27H29ClN4O5/c1-4-37-26(35)20-9-6-12-30(16-20)24(33)23-25(34)31(15-19-8-5-7-17(2)13-19)27(36)32(29-23)21-11-10-18(3)22(28)14-21/h5,7-8,10-11,13-14,20H,4,6,9,12,15-16H2,1-3H3/t20-/m1/s1. The molecule has 37 heavy (non-hydrogen) atoms. The number of aryl methyl sites for hydroxylation is 2. The van der Waals surface area contributed by atoms with Gasteiger partial charge in [0, 0.05) is 18.1 Å². The van der Waals surface area contributed by atoms with E-state index in [1.807, 2.05) is 38.1 Å². The highest BCUT2D eigenvalue weighted by molar-refractivity contribution is 6.31. The molecule has 9 nitrogen and oxygen atoms in total. The van der Waals surface area contributed by atoms with Gasteiger partial charge in [-0.15, -0.1) is 0 Å². The van der Waals surface area contributed by atoms with Crippen LogP contribution < -0.4 is 11.2 Å². The van der Waals surface area contributed by atoms with E-state index in [1.54, 1.807) is 25.1 Å². The van der Waals surface area contributed by atoms with Gasteiger partial charge in [0.15, 0.2) is 0 Å². The summed E-state index contributed by atoms with van der Waals surface area (Å²) in [5, 5.41) is 4.64. The van der Waals surface area contributed by atoms with Crippen LogP contribution in [0.25, 0.3) is 5.69 Å². The first-order chi connectivity index (χ1) is 17.7. The minimum Gasteiger partial charge on any atom is -0.466 e. The molecule has 1 saturated heterocycles. The molecule has 194 valence electrons. The molecule has 1 aliphatic rings. The molecule has 2 heterocycles. The predicted octanol–water partition coefficient (Wildman–Crippen LogP) is 3.13. The van der Waals surface area contributed by atoms with Crippen molar-refractivity contribution in [3.63, 3.8) is 0 Å². The third-order valence-corrected chi connectivity index (χ3v) is 6.82. The number of hydrogen-bond donors (Lipinski definition) is 0. The second-order valence-corrected chi connectivity index (χ2v) is 9.61. The monoisotopic (exact) mass is 524 g/mol. The Balaban J connectivity index is 1.81. The Bertz CT molecular complexity index is 1460. The van der Waals surface area contributed by atoms with Crippen LogP contribution in [0.4, 0.5) is 0 Å². The molecule has 1 atom stereocenters. The normalized spacial score (nSPS) is 15.5. The summed E-state index contributed by atoms with van der Waals surface area (Å²) in [4.78, 5) is 54.3. The van der Waals surface area contributed by atoms with Crippen molar-refractivity contribution in [3.8, 4) is 5.69 Å². The third-order valence-electron chi connectivity index (χ3n) is 6.41. The molecule has 0 spiro atoms. The molecular formula is C27H29ClN4O5. The van der Waals surface area contributed by atoms with Gasteiger partial charge >= 0.3 is 11.7 Å². The van der Waals surface area contributed by atoms with Crippen molar-refractivity contribution in [2.24, 2.45) is 5.92 Å². The lowest BCUT2D eigenvalue weighted by Crippen LogP contribution is -2.49. The number of halogens is 1. The fourth-order valence-electron chi connectivity index (χ4n) is 4.43. The molecule has 1 amide bonds. The molecule has 0 unspecified atom stereocenters. The van der Waals surface area contributed by atoms with E-state index < -0.39 is 28.8 Å². The largest absolute Gasteiger partial charge is 0.466 e. The van der Waals surface area contributed by atoms with Crippen LogP contribution in [0.1, 0.15) is 46.9 Å². The van der Waals surface area contributed by atoms with Gasteiger partial charge in [-0.3, -0.25) is 19.0 Å². The highest BCUT2D eigenvalue weighted by Crippen LogP contribution is 2.20. The Morgan fingerprint density at radius 3 is 2.62 bits per heavy atom. The zero-order valence-corrected chi connectivity index (χ0v) is 21.8. The van der Waals surface area contributed by atoms with Gasteiger partial charge in [0.25, 0.3) is 11.5 Å². The number of piperidine rings is 1. The maximum atomic E-state index is 13.6. The molecule has 3 aromatic rings. The van der Waals surface area contributed by atoms with E-state index in [0.717, 1.165) is 25.9 Å². The molecular weight excluding hydrogens is 496 g/mol. The van der Waals surface area contributed by atoms with Crippen molar-refractivity contribution in [3.05, 3.63) is 90.7 Å². The molecule has 0 saturated carbocycles. The Morgan fingerprint density at radius 2 is 1.92 bits per heavy atom. The number of carbonyl (C=O) groups excluding carboxylic acids is 2. The Morgan fingerprint density at radius 1 is 1.14 bits per heavy atom. The SMILES string of the molecule is CCOC(=O)[C@@H]1CCCN(C(=O)c2nn(-c3ccc(C)c(Cl)c3)c(=O)n(Cc3cccc(C)c3)c2=O)C1. The van der Waals surface area contributed by atoms with Crippen LogP contribution in [0.2, 0.25) is 5.02 Å². The van der Waals surface area contributed by atoms with Gasteiger partial charge in [-0.2, -0.15) is 9.78 Å². The second-order valence-electron chi connectivity index (χ2n) is 9.20. The number of nitrogens with zero attached hydrogens (tertiary/aromatic N) is 4. The van der Waals surface area contributed by atoms with Crippen LogP contribution in [-0.2, 0) is 16.1 Å². The topological polar surface area (TPSA) is 104 Å². The molecule has 0 radical (unpaired) electrons. The van der Waals surface area contributed by atoms with Gasteiger partial charge in [0.2, 0.25) is 5.69 Å². The fourth-order valence-corrected chi connectivity index (χ4v) is 4.60. The van der Waals surface area contributed by atoms with Gasteiger partial charge in [-0.1, -0.05) is 47.5 Å². The number of carbonyl (C=O) groups is 2. The van der Waals surface area contributed by atoms with E-state index in [2.05, 4.69) is 5.10 Å². The van der Waals surface area contributed by atoms with E-state index >= 15 is 0 Å². The molecule has 0 N–H and O–H groups in total. The van der Waals surface area contributed by atoms with Crippen molar-refractivity contribution in [1.82, 2.24) is 19.2 Å². The highest BCUT2D eigenvalue weighted by atomic mass is 35.5. The Labute approximate surface area is 219 Å². The van der Waals surface area contributed by atoms with Crippen molar-refractivity contribution in [1.29, 1.82) is 0 Å². The van der Waals surface area contributed by atoms with E-state index in [4.69, 9.17) is 16.3 Å². The fraction of sp³-hybridized carbons (Fsp3) is 0.370. The molecule has 1 fully saturated rings. The average molecular weight is 525 g/mol. The van der Waals surface area contributed by atoms with Gasteiger partial charge < -0.3 is 9.64 Å². The van der Waals surface area contributed by atoms with E-state index in [-0.39, 0.29) is 25.7 Å². The number of hydrogen-bond acceptors (Lipinski definition) is 6. The van der Waals surface area contributed by atoms with Crippen LogP contribution in [-0.4, -0.2) is 50.8 Å². The average Bonchev–Trinajstić information content (AvgIpc) is 2.88. The van der Waals surface area contributed by atoms with Gasteiger partial charge in [0.1, 0.15) is 0 Å². The lowest BCUT2D eigenvalue weighted by Gasteiger charge is -2.31. The van der Waals surface area contributed by atoms with Crippen LogP contribution in [0.15, 0.2) is 52.1 Å². The number of rotatable bonds is 6. The molecule has 4 rings (SSSR count). The summed E-state index contributed by atoms with van der Waals surface area (Å²) in [5.74, 6) is -1.48. The summed E-state index contributed by atoms with van der Waals surface area (Å²) < 4.78 is 7.17. The highest BCUT2D eigenvalue weighted by Gasteiger charge is 2.32. The summed E-state index contributed by atoms with van der Waals surface area (Å²) in [6, 6.07) is 12.4. The smallest absolute Gasteiger partial charge is 0.352 e. The molecule has 2 aromatic carbocycles. The molecule has 0 aliphatic carbocycles. The molecule has 0 bridgehead atoms. The number of benzene rings is 2. The summed E-state index contributed by atoms with van der Waals surface area (Å²) in [7, 11) is 0. The maximum absolute atomic E-state index is 13.6. The van der Waals surface area contributed by atoms with Crippen molar-refractivity contribution < 1.29 is 14.3 Å². The number of esters is 1. The van der Waals surface area contributed by atoms with Crippen LogP contribution in [0.5, 0.6) is 0 Å². The van der Waals surface area contributed by atoms with Crippen LogP contribution >= 0.6 is 11.6 Å². The van der Waals surface area contributed by atoms with E-state index in [9.17, 15) is 19.2 Å². The van der Waals surface area contributed by atoms with Gasteiger partial charge in [0.05, 0.1) is 24.8 Å². The third kappa shape index (κ3) is 5.67. The maximum Gasteiger partial charge on any atom is 0.352 e. The first-order valence-corrected chi connectivity index (χ1v) is 12.6. The summed E-state index contributed by atoms with van der Waals surface area (Å²) >= 11 is 6.30. The number of likely N-dealkylation sites (tertiary alicyclic amines) is 1. The first-order valence-electron chi connectivity index (χ1n) is 12.2. The zero-order valence-electron chi connectivity index (χ0n) is 21.1. The second kappa shape index (κ2) is 11.1. The minimum absolute atomic E-state index is 0.0345. The minimum atomic E-state index is -0.788. The Hall–Kier alpha value is -3.72. The van der Waals surface area contributed by atoms with E-state index in [1.165, 1.54) is 4.90 Å². The quantitative estimate of drug-likeness (QED) is 0.459. The zero-order chi connectivity index (χ0) is 26.7.